The minimum atomic E-state index is 0.0222. The van der Waals surface area contributed by atoms with E-state index in [0.717, 1.165) is 12.8 Å². The lowest BCUT2D eigenvalue weighted by molar-refractivity contribution is -0.121. The molecule has 0 aromatic heterocycles. The van der Waals surface area contributed by atoms with Crippen molar-refractivity contribution in [3.63, 3.8) is 0 Å². The highest BCUT2D eigenvalue weighted by atomic mass is 16.1. The number of Topliss-reactive ketones (excluding diaryl/α,β-unsaturated/α-hetero) is 1. The number of rotatable bonds is 7. The molecule has 0 unspecified atom stereocenters. The molecule has 0 fully saturated rings. The van der Waals surface area contributed by atoms with E-state index in [1.807, 2.05) is 0 Å². The van der Waals surface area contributed by atoms with Crippen LogP contribution in [0.15, 0.2) is 0 Å². The quantitative estimate of drug-likeness (QED) is 0.558. The first-order chi connectivity index (χ1) is 6.16. The highest BCUT2D eigenvalue weighted by Crippen LogP contribution is 1.99. The number of ketones is 1. The summed E-state index contributed by atoms with van der Waals surface area (Å²) in [6, 6.07) is 0. The van der Waals surface area contributed by atoms with Gasteiger partial charge in [0.05, 0.1) is 0 Å². The lowest BCUT2D eigenvalue weighted by Crippen LogP contribution is -2.28. The molecule has 0 aliphatic heterocycles. The van der Waals surface area contributed by atoms with E-state index in [4.69, 9.17) is 5.73 Å². The van der Waals surface area contributed by atoms with Gasteiger partial charge in [-0.1, -0.05) is 0 Å². The number of carbonyl (C=O) groups is 2. The van der Waals surface area contributed by atoms with E-state index in [1.54, 1.807) is 6.92 Å². The molecule has 4 heteroatoms. The molecule has 0 atom stereocenters. The topological polar surface area (TPSA) is 72.2 Å². The summed E-state index contributed by atoms with van der Waals surface area (Å²) in [4.78, 5) is 21.5. The predicted molar refractivity (Wildman–Crippen MR) is 51.2 cm³/mol. The Labute approximate surface area is 78.9 Å². The van der Waals surface area contributed by atoms with Crippen molar-refractivity contribution in [2.75, 3.05) is 13.1 Å². The standard InChI is InChI=1S/C9H18N2O2/c1-8(12)4-2-3-5-9(13)11-7-6-10/h2-7,10H2,1H3,(H,11,13). The summed E-state index contributed by atoms with van der Waals surface area (Å²) in [5.74, 6) is 0.205. The van der Waals surface area contributed by atoms with Crippen LogP contribution in [0.3, 0.4) is 0 Å². The van der Waals surface area contributed by atoms with Crippen LogP contribution < -0.4 is 11.1 Å². The molecule has 0 bridgehead atoms. The summed E-state index contributed by atoms with van der Waals surface area (Å²) >= 11 is 0. The fourth-order valence-electron chi connectivity index (χ4n) is 0.959. The summed E-state index contributed by atoms with van der Waals surface area (Å²) < 4.78 is 0. The number of carbonyl (C=O) groups excluding carboxylic acids is 2. The first kappa shape index (κ1) is 12.1. The van der Waals surface area contributed by atoms with Gasteiger partial charge < -0.3 is 15.8 Å². The molecule has 0 saturated heterocycles. The molecule has 0 aromatic carbocycles. The zero-order valence-corrected chi connectivity index (χ0v) is 8.14. The number of hydrogen-bond acceptors (Lipinski definition) is 3. The average Bonchev–Trinajstić information content (AvgIpc) is 2.08. The largest absolute Gasteiger partial charge is 0.355 e. The zero-order valence-electron chi connectivity index (χ0n) is 8.14. The van der Waals surface area contributed by atoms with E-state index in [-0.39, 0.29) is 11.7 Å². The maximum atomic E-state index is 11.0. The third-order valence-corrected chi connectivity index (χ3v) is 1.65. The maximum Gasteiger partial charge on any atom is 0.220 e. The smallest absolute Gasteiger partial charge is 0.220 e. The van der Waals surface area contributed by atoms with Crippen molar-refractivity contribution >= 4 is 11.7 Å². The second kappa shape index (κ2) is 7.73. The van der Waals surface area contributed by atoms with Crippen LogP contribution in [0, 0.1) is 0 Å². The Kier molecular flexibility index (Phi) is 7.20. The Bertz CT molecular complexity index is 169. The molecule has 1 amide bonds. The molecular weight excluding hydrogens is 168 g/mol. The van der Waals surface area contributed by atoms with Crippen LogP contribution in [-0.4, -0.2) is 24.8 Å². The van der Waals surface area contributed by atoms with Crippen LogP contribution >= 0.6 is 0 Å². The van der Waals surface area contributed by atoms with Crippen LogP contribution in [0.5, 0.6) is 0 Å². The first-order valence-corrected chi connectivity index (χ1v) is 4.63. The normalized spacial score (nSPS) is 9.69. The van der Waals surface area contributed by atoms with E-state index < -0.39 is 0 Å². The van der Waals surface area contributed by atoms with Crippen molar-refractivity contribution in [1.82, 2.24) is 5.32 Å². The summed E-state index contributed by atoms with van der Waals surface area (Å²) in [6.07, 6.45) is 2.64. The van der Waals surface area contributed by atoms with Gasteiger partial charge in [-0.25, -0.2) is 0 Å². The monoisotopic (exact) mass is 186 g/mol. The SMILES string of the molecule is CC(=O)CCCCC(=O)NCCN. The number of hydrogen-bond donors (Lipinski definition) is 2. The van der Waals surface area contributed by atoms with Gasteiger partial charge in [-0.2, -0.15) is 0 Å². The van der Waals surface area contributed by atoms with Crippen LogP contribution in [0.2, 0.25) is 0 Å². The fourth-order valence-corrected chi connectivity index (χ4v) is 0.959. The Morgan fingerprint density at radius 2 is 1.85 bits per heavy atom. The third-order valence-electron chi connectivity index (χ3n) is 1.65. The zero-order chi connectivity index (χ0) is 10.1. The summed E-state index contributed by atoms with van der Waals surface area (Å²) in [5.41, 5.74) is 5.21. The van der Waals surface area contributed by atoms with Crippen molar-refractivity contribution < 1.29 is 9.59 Å². The van der Waals surface area contributed by atoms with Crippen molar-refractivity contribution in [2.45, 2.75) is 32.6 Å². The van der Waals surface area contributed by atoms with E-state index in [2.05, 4.69) is 5.32 Å². The van der Waals surface area contributed by atoms with Gasteiger partial charge in [0.1, 0.15) is 5.78 Å². The third kappa shape index (κ3) is 9.01. The number of nitrogens with one attached hydrogen (secondary N) is 1. The van der Waals surface area contributed by atoms with Gasteiger partial charge in [-0.15, -0.1) is 0 Å². The molecule has 0 spiro atoms. The van der Waals surface area contributed by atoms with Crippen LogP contribution in [0.25, 0.3) is 0 Å². The Morgan fingerprint density at radius 3 is 2.38 bits per heavy atom. The molecule has 0 saturated carbocycles. The van der Waals surface area contributed by atoms with Crippen LogP contribution in [0.4, 0.5) is 0 Å². The average molecular weight is 186 g/mol. The lowest BCUT2D eigenvalue weighted by Gasteiger charge is -2.02. The molecule has 0 aliphatic rings. The highest BCUT2D eigenvalue weighted by Gasteiger charge is 2.00. The van der Waals surface area contributed by atoms with Crippen molar-refractivity contribution in [1.29, 1.82) is 0 Å². The van der Waals surface area contributed by atoms with Crippen LogP contribution in [0.1, 0.15) is 32.6 Å². The van der Waals surface area contributed by atoms with Gasteiger partial charge in [0.25, 0.3) is 0 Å². The lowest BCUT2D eigenvalue weighted by atomic mass is 10.1. The maximum absolute atomic E-state index is 11.0. The first-order valence-electron chi connectivity index (χ1n) is 4.63. The molecule has 76 valence electrons. The van der Waals surface area contributed by atoms with Gasteiger partial charge >= 0.3 is 0 Å². The number of amides is 1. The number of nitrogens with two attached hydrogens (primary N) is 1. The Balaban J connectivity index is 3.22. The van der Waals surface area contributed by atoms with Gasteiger partial charge in [-0.05, 0) is 19.8 Å². The molecular formula is C9H18N2O2. The van der Waals surface area contributed by atoms with Crippen LogP contribution in [-0.2, 0) is 9.59 Å². The fraction of sp³-hybridized carbons (Fsp3) is 0.778. The summed E-state index contributed by atoms with van der Waals surface area (Å²) in [7, 11) is 0. The molecule has 0 rings (SSSR count). The van der Waals surface area contributed by atoms with Gasteiger partial charge in [0.15, 0.2) is 0 Å². The Hall–Kier alpha value is -0.900. The number of unbranched alkanes of at least 4 members (excludes halogenated alkanes) is 1. The van der Waals surface area contributed by atoms with E-state index in [9.17, 15) is 9.59 Å². The predicted octanol–water partition coefficient (Wildman–Crippen LogP) is 0.211. The van der Waals surface area contributed by atoms with Gasteiger partial charge in [0, 0.05) is 25.9 Å². The minimum Gasteiger partial charge on any atom is -0.355 e. The molecule has 3 N–H and O–H groups in total. The van der Waals surface area contributed by atoms with Crippen molar-refractivity contribution in [3.05, 3.63) is 0 Å². The van der Waals surface area contributed by atoms with E-state index in [0.29, 0.717) is 25.9 Å². The summed E-state index contributed by atoms with van der Waals surface area (Å²) in [6.45, 7) is 2.57. The van der Waals surface area contributed by atoms with E-state index in [1.165, 1.54) is 0 Å². The Morgan fingerprint density at radius 1 is 1.23 bits per heavy atom. The second-order valence-electron chi connectivity index (χ2n) is 3.05. The second-order valence-corrected chi connectivity index (χ2v) is 3.05. The molecule has 0 radical (unpaired) electrons. The molecule has 0 heterocycles. The molecule has 4 nitrogen and oxygen atoms in total. The molecule has 0 aromatic rings. The molecule has 0 aliphatic carbocycles. The molecule has 13 heavy (non-hydrogen) atoms. The minimum absolute atomic E-state index is 0.0222. The van der Waals surface area contributed by atoms with Gasteiger partial charge in [0.2, 0.25) is 5.91 Å². The highest BCUT2D eigenvalue weighted by molar-refractivity contribution is 5.76. The van der Waals surface area contributed by atoms with Crippen molar-refractivity contribution in [3.8, 4) is 0 Å². The van der Waals surface area contributed by atoms with E-state index >= 15 is 0 Å². The van der Waals surface area contributed by atoms with Crippen molar-refractivity contribution in [2.24, 2.45) is 5.73 Å². The summed E-state index contributed by atoms with van der Waals surface area (Å²) in [5, 5.41) is 2.67. The van der Waals surface area contributed by atoms with Gasteiger partial charge in [-0.3, -0.25) is 4.79 Å².